The van der Waals surface area contributed by atoms with Crippen LogP contribution in [0.15, 0.2) is 22.7 Å². The summed E-state index contributed by atoms with van der Waals surface area (Å²) < 4.78 is 13.7. The zero-order valence-corrected chi connectivity index (χ0v) is 13.4. The first-order chi connectivity index (χ1) is 8.88. The van der Waals surface area contributed by atoms with Gasteiger partial charge in [-0.05, 0) is 56.0 Å². The molecule has 0 saturated carbocycles. The molecule has 0 spiro atoms. The lowest BCUT2D eigenvalue weighted by molar-refractivity contribution is 0.0677. The Hall–Kier alpha value is -0.940. The number of halogens is 2. The summed E-state index contributed by atoms with van der Waals surface area (Å²) in [6.07, 6.45) is 0. The van der Waals surface area contributed by atoms with Gasteiger partial charge in [0, 0.05) is 19.1 Å². The summed E-state index contributed by atoms with van der Waals surface area (Å²) in [7, 11) is 3.93. The first-order valence-electron chi connectivity index (χ1n) is 6.28. The standard InChI is InChI=1S/C14H20BrFN2O/c1-5-18(10(2)9-17(3)4)14(19)11-7-6-8-12(16)13(11)15/h6-8,10H,5,9H2,1-4H3. The number of carbonyl (C=O) groups is 1. The maximum atomic E-state index is 13.5. The van der Waals surface area contributed by atoms with Crippen molar-refractivity contribution in [3.8, 4) is 0 Å². The monoisotopic (exact) mass is 330 g/mol. The number of rotatable bonds is 5. The van der Waals surface area contributed by atoms with Gasteiger partial charge in [0.2, 0.25) is 0 Å². The Labute approximate surface area is 122 Å². The van der Waals surface area contributed by atoms with E-state index in [1.807, 2.05) is 32.8 Å². The van der Waals surface area contributed by atoms with Gasteiger partial charge in [-0.15, -0.1) is 0 Å². The van der Waals surface area contributed by atoms with Crippen molar-refractivity contribution in [3.63, 3.8) is 0 Å². The van der Waals surface area contributed by atoms with Crippen LogP contribution >= 0.6 is 15.9 Å². The molecule has 0 aliphatic heterocycles. The van der Waals surface area contributed by atoms with Gasteiger partial charge in [0.1, 0.15) is 5.82 Å². The van der Waals surface area contributed by atoms with Crippen molar-refractivity contribution in [1.29, 1.82) is 0 Å². The highest BCUT2D eigenvalue weighted by atomic mass is 79.9. The highest BCUT2D eigenvalue weighted by molar-refractivity contribution is 9.10. The SMILES string of the molecule is CCN(C(=O)c1cccc(F)c1Br)C(C)CN(C)C. The van der Waals surface area contributed by atoms with Gasteiger partial charge in [0.15, 0.2) is 0 Å². The van der Waals surface area contributed by atoms with Crippen LogP contribution in [-0.4, -0.2) is 48.9 Å². The van der Waals surface area contributed by atoms with Crippen LogP contribution in [0.2, 0.25) is 0 Å². The van der Waals surface area contributed by atoms with Crippen LogP contribution in [0.1, 0.15) is 24.2 Å². The summed E-state index contributed by atoms with van der Waals surface area (Å²) >= 11 is 3.15. The third kappa shape index (κ3) is 4.01. The van der Waals surface area contributed by atoms with Crippen LogP contribution < -0.4 is 0 Å². The third-order valence-corrected chi connectivity index (χ3v) is 3.75. The maximum absolute atomic E-state index is 13.5. The molecule has 0 fully saturated rings. The molecule has 0 radical (unpaired) electrons. The third-order valence-electron chi connectivity index (χ3n) is 2.94. The van der Waals surface area contributed by atoms with Crippen LogP contribution in [0.3, 0.4) is 0 Å². The largest absolute Gasteiger partial charge is 0.335 e. The van der Waals surface area contributed by atoms with Gasteiger partial charge < -0.3 is 9.80 Å². The number of likely N-dealkylation sites (N-methyl/N-ethyl adjacent to an activating group) is 2. The first-order valence-corrected chi connectivity index (χ1v) is 7.07. The van der Waals surface area contributed by atoms with E-state index in [-0.39, 0.29) is 16.4 Å². The molecule has 0 bridgehead atoms. The summed E-state index contributed by atoms with van der Waals surface area (Å²) in [6.45, 7) is 5.29. The number of amides is 1. The normalized spacial score (nSPS) is 12.6. The lowest BCUT2D eigenvalue weighted by Gasteiger charge is -2.30. The zero-order valence-electron chi connectivity index (χ0n) is 11.8. The van der Waals surface area contributed by atoms with Crippen molar-refractivity contribution in [2.45, 2.75) is 19.9 Å². The molecular weight excluding hydrogens is 311 g/mol. The van der Waals surface area contributed by atoms with Crippen LogP contribution in [0.4, 0.5) is 4.39 Å². The summed E-state index contributed by atoms with van der Waals surface area (Å²) in [4.78, 5) is 16.3. The molecule has 1 amide bonds. The smallest absolute Gasteiger partial charge is 0.255 e. The molecule has 1 atom stereocenters. The lowest BCUT2D eigenvalue weighted by Crippen LogP contribution is -2.43. The lowest BCUT2D eigenvalue weighted by atomic mass is 10.1. The van der Waals surface area contributed by atoms with E-state index in [4.69, 9.17) is 0 Å². The molecule has 0 saturated heterocycles. The van der Waals surface area contributed by atoms with Crippen molar-refractivity contribution in [2.75, 3.05) is 27.2 Å². The van der Waals surface area contributed by atoms with Crippen LogP contribution in [-0.2, 0) is 0 Å². The molecule has 0 aromatic heterocycles. The molecule has 0 aliphatic rings. The second-order valence-corrected chi connectivity index (χ2v) is 5.60. The molecule has 3 nitrogen and oxygen atoms in total. The number of carbonyl (C=O) groups excluding carboxylic acids is 1. The molecule has 1 unspecified atom stereocenters. The fraction of sp³-hybridized carbons (Fsp3) is 0.500. The zero-order chi connectivity index (χ0) is 14.6. The summed E-state index contributed by atoms with van der Waals surface area (Å²) in [5.74, 6) is -0.564. The van der Waals surface area contributed by atoms with Crippen LogP contribution in [0.25, 0.3) is 0 Å². The van der Waals surface area contributed by atoms with E-state index in [1.54, 1.807) is 17.0 Å². The first kappa shape index (κ1) is 16.1. The highest BCUT2D eigenvalue weighted by Crippen LogP contribution is 2.22. The van der Waals surface area contributed by atoms with Crippen LogP contribution in [0, 0.1) is 5.82 Å². The Bertz CT molecular complexity index is 451. The van der Waals surface area contributed by atoms with Crippen molar-refractivity contribution in [3.05, 3.63) is 34.1 Å². The minimum absolute atomic E-state index is 0.0719. The average molecular weight is 331 g/mol. The maximum Gasteiger partial charge on any atom is 0.255 e. The average Bonchev–Trinajstić information content (AvgIpc) is 2.32. The van der Waals surface area contributed by atoms with Gasteiger partial charge in [-0.3, -0.25) is 4.79 Å². The number of hydrogen-bond donors (Lipinski definition) is 0. The number of nitrogens with zero attached hydrogens (tertiary/aromatic N) is 2. The van der Waals surface area contributed by atoms with Gasteiger partial charge in [-0.2, -0.15) is 0 Å². The Kier molecular flexibility index (Phi) is 5.94. The summed E-state index contributed by atoms with van der Waals surface area (Å²) in [6, 6.07) is 4.60. The quantitative estimate of drug-likeness (QED) is 0.828. The molecule has 1 aromatic rings. The number of hydrogen-bond acceptors (Lipinski definition) is 2. The van der Waals surface area contributed by atoms with E-state index in [0.717, 1.165) is 6.54 Å². The topological polar surface area (TPSA) is 23.6 Å². The highest BCUT2D eigenvalue weighted by Gasteiger charge is 2.23. The van der Waals surface area contributed by atoms with Gasteiger partial charge in [-0.25, -0.2) is 4.39 Å². The summed E-state index contributed by atoms with van der Waals surface area (Å²) in [5.41, 5.74) is 0.368. The van der Waals surface area contributed by atoms with Gasteiger partial charge in [0.25, 0.3) is 5.91 Å². The van der Waals surface area contributed by atoms with Crippen molar-refractivity contribution < 1.29 is 9.18 Å². The predicted molar refractivity (Wildman–Crippen MR) is 78.8 cm³/mol. The predicted octanol–water partition coefficient (Wildman–Crippen LogP) is 3.00. The van der Waals surface area contributed by atoms with E-state index >= 15 is 0 Å². The molecule has 1 aromatic carbocycles. The van der Waals surface area contributed by atoms with Gasteiger partial charge in [0.05, 0.1) is 10.0 Å². The molecule has 1 rings (SSSR count). The molecule has 0 heterocycles. The fourth-order valence-corrected chi connectivity index (χ4v) is 2.54. The fourth-order valence-electron chi connectivity index (χ4n) is 2.11. The van der Waals surface area contributed by atoms with Crippen molar-refractivity contribution in [2.24, 2.45) is 0 Å². The Balaban J connectivity index is 2.98. The van der Waals surface area contributed by atoms with Gasteiger partial charge in [-0.1, -0.05) is 6.07 Å². The molecule has 5 heteroatoms. The minimum Gasteiger partial charge on any atom is -0.335 e. The van der Waals surface area contributed by atoms with Gasteiger partial charge >= 0.3 is 0 Å². The molecule has 0 aliphatic carbocycles. The second kappa shape index (κ2) is 7.01. The Morgan fingerprint density at radius 3 is 2.58 bits per heavy atom. The van der Waals surface area contributed by atoms with E-state index in [1.165, 1.54) is 6.07 Å². The molecular formula is C14H20BrFN2O. The minimum atomic E-state index is -0.415. The van der Waals surface area contributed by atoms with Crippen LogP contribution in [0.5, 0.6) is 0 Å². The van der Waals surface area contributed by atoms with E-state index in [9.17, 15) is 9.18 Å². The molecule has 19 heavy (non-hydrogen) atoms. The molecule has 106 valence electrons. The van der Waals surface area contributed by atoms with Crippen molar-refractivity contribution in [1.82, 2.24) is 9.80 Å². The van der Waals surface area contributed by atoms with E-state index in [0.29, 0.717) is 12.1 Å². The van der Waals surface area contributed by atoms with Crippen molar-refractivity contribution >= 4 is 21.8 Å². The summed E-state index contributed by atoms with van der Waals surface area (Å²) in [5, 5.41) is 0. The molecule has 0 N–H and O–H groups in total. The van der Waals surface area contributed by atoms with E-state index < -0.39 is 5.82 Å². The Morgan fingerprint density at radius 1 is 1.42 bits per heavy atom. The number of benzene rings is 1. The second-order valence-electron chi connectivity index (χ2n) is 4.80. The van der Waals surface area contributed by atoms with E-state index in [2.05, 4.69) is 15.9 Å². The Morgan fingerprint density at radius 2 is 2.05 bits per heavy atom.